The van der Waals surface area contributed by atoms with Gasteiger partial charge in [0.25, 0.3) is 0 Å². The first-order chi connectivity index (χ1) is 17.6. The third-order valence-corrected chi connectivity index (χ3v) is 6.87. The third-order valence-electron chi connectivity index (χ3n) is 6.87. The molecule has 0 radical (unpaired) electrons. The molecule has 1 atom stereocenters. The molecule has 2 aromatic carbocycles. The molecule has 2 fully saturated rings. The minimum atomic E-state index is -4.69. The Labute approximate surface area is 209 Å². The van der Waals surface area contributed by atoms with Crippen LogP contribution < -0.4 is 5.32 Å². The maximum absolute atomic E-state index is 14.6. The predicted octanol–water partition coefficient (Wildman–Crippen LogP) is 5.13. The number of aromatic nitrogens is 2. The van der Waals surface area contributed by atoms with Crippen molar-refractivity contribution in [2.45, 2.75) is 36.9 Å². The van der Waals surface area contributed by atoms with Crippen LogP contribution in [0.1, 0.15) is 46.8 Å². The van der Waals surface area contributed by atoms with Crippen molar-refractivity contribution in [1.82, 2.24) is 9.78 Å². The Hall–Kier alpha value is -3.73. The van der Waals surface area contributed by atoms with E-state index in [1.807, 2.05) is 6.20 Å². The van der Waals surface area contributed by atoms with Gasteiger partial charge in [0.2, 0.25) is 5.91 Å². The summed E-state index contributed by atoms with van der Waals surface area (Å²) in [6.07, 6.45) is 0.153. The molecular formula is C26H23F4N3O4. The number of ether oxygens (including phenoxy) is 2. The van der Waals surface area contributed by atoms with Crippen molar-refractivity contribution in [2.24, 2.45) is 0 Å². The molecular weight excluding hydrogens is 494 g/mol. The number of methoxy groups -OCH3 is 1. The lowest BCUT2D eigenvalue weighted by atomic mass is 9.93. The summed E-state index contributed by atoms with van der Waals surface area (Å²) in [5.74, 6) is -2.28. The number of benzene rings is 2. The number of carbonyl (C=O) groups is 2. The van der Waals surface area contributed by atoms with Crippen LogP contribution in [0, 0.1) is 5.82 Å². The lowest BCUT2D eigenvalue weighted by Crippen LogP contribution is -2.29. The maximum atomic E-state index is 14.6. The zero-order valence-electron chi connectivity index (χ0n) is 19.8. The van der Waals surface area contributed by atoms with Crippen molar-refractivity contribution < 1.29 is 36.6 Å². The minimum Gasteiger partial charge on any atom is -0.465 e. The van der Waals surface area contributed by atoms with Crippen LogP contribution in [0.3, 0.4) is 0 Å². The highest BCUT2D eigenvalue weighted by atomic mass is 19.4. The van der Waals surface area contributed by atoms with Gasteiger partial charge < -0.3 is 14.8 Å². The van der Waals surface area contributed by atoms with Crippen molar-refractivity contribution in [3.63, 3.8) is 0 Å². The Morgan fingerprint density at radius 2 is 1.97 bits per heavy atom. The van der Waals surface area contributed by atoms with Gasteiger partial charge in [-0.1, -0.05) is 12.1 Å². The molecule has 7 nitrogen and oxygen atoms in total. The SMILES string of the molecule is COC(=O)c1cc(NC(=O)C2(c3ccc(C(F)(F)F)cc3F)CC2)ccc1-c1cnn(C2CCOC2)c1. The molecule has 37 heavy (non-hydrogen) atoms. The van der Waals surface area contributed by atoms with E-state index in [2.05, 4.69) is 10.4 Å². The number of amides is 1. The highest BCUT2D eigenvalue weighted by Gasteiger charge is 2.53. The van der Waals surface area contributed by atoms with Crippen LogP contribution in [0.5, 0.6) is 0 Å². The molecule has 1 aliphatic carbocycles. The molecule has 5 rings (SSSR count). The normalized spacial score (nSPS) is 18.5. The summed E-state index contributed by atoms with van der Waals surface area (Å²) in [6, 6.07) is 6.99. The van der Waals surface area contributed by atoms with E-state index in [-0.39, 0.29) is 35.7 Å². The van der Waals surface area contributed by atoms with Crippen LogP contribution in [0.2, 0.25) is 0 Å². The van der Waals surface area contributed by atoms with E-state index in [1.54, 1.807) is 23.0 Å². The number of nitrogens with zero attached hydrogens (tertiary/aromatic N) is 2. The number of esters is 1. The Morgan fingerprint density at radius 1 is 1.19 bits per heavy atom. The molecule has 2 heterocycles. The molecule has 1 unspecified atom stereocenters. The summed E-state index contributed by atoms with van der Waals surface area (Å²) in [6.45, 7) is 1.21. The summed E-state index contributed by atoms with van der Waals surface area (Å²) in [5.41, 5.74) is -0.806. The highest BCUT2D eigenvalue weighted by molar-refractivity contribution is 6.04. The van der Waals surface area contributed by atoms with Gasteiger partial charge in [-0.3, -0.25) is 9.48 Å². The van der Waals surface area contributed by atoms with Crippen molar-refractivity contribution in [1.29, 1.82) is 0 Å². The van der Waals surface area contributed by atoms with Gasteiger partial charge in [0.15, 0.2) is 0 Å². The van der Waals surface area contributed by atoms with E-state index in [1.165, 1.54) is 13.2 Å². The van der Waals surface area contributed by atoms with Crippen LogP contribution in [0.15, 0.2) is 48.8 Å². The number of alkyl halides is 3. The van der Waals surface area contributed by atoms with Crippen LogP contribution in [-0.4, -0.2) is 42.0 Å². The molecule has 2 aliphatic rings. The first-order valence-corrected chi connectivity index (χ1v) is 11.7. The number of halogens is 4. The smallest absolute Gasteiger partial charge is 0.416 e. The molecule has 1 amide bonds. The molecule has 1 saturated heterocycles. The van der Waals surface area contributed by atoms with Gasteiger partial charge in [0.05, 0.1) is 42.5 Å². The fourth-order valence-corrected chi connectivity index (χ4v) is 4.63. The Morgan fingerprint density at radius 3 is 2.59 bits per heavy atom. The molecule has 194 valence electrons. The Kier molecular flexibility index (Phi) is 6.26. The zero-order chi connectivity index (χ0) is 26.4. The molecule has 1 N–H and O–H groups in total. The fraction of sp³-hybridized carbons (Fsp3) is 0.346. The van der Waals surface area contributed by atoms with Crippen molar-refractivity contribution in [3.8, 4) is 11.1 Å². The number of hydrogen-bond donors (Lipinski definition) is 1. The van der Waals surface area contributed by atoms with Gasteiger partial charge in [-0.15, -0.1) is 0 Å². The lowest BCUT2D eigenvalue weighted by Gasteiger charge is -2.18. The molecule has 3 aromatic rings. The lowest BCUT2D eigenvalue weighted by molar-refractivity contribution is -0.137. The second-order valence-corrected chi connectivity index (χ2v) is 9.21. The molecule has 0 bridgehead atoms. The number of anilines is 1. The van der Waals surface area contributed by atoms with Crippen molar-refractivity contribution in [2.75, 3.05) is 25.6 Å². The zero-order valence-corrected chi connectivity index (χ0v) is 19.8. The summed E-state index contributed by atoms with van der Waals surface area (Å²) < 4.78 is 65.5. The molecule has 11 heteroatoms. The third kappa shape index (κ3) is 4.71. The molecule has 1 aliphatic heterocycles. The van der Waals surface area contributed by atoms with E-state index < -0.39 is 34.8 Å². The van der Waals surface area contributed by atoms with Gasteiger partial charge in [-0.2, -0.15) is 18.3 Å². The second-order valence-electron chi connectivity index (χ2n) is 9.21. The molecule has 0 spiro atoms. The maximum Gasteiger partial charge on any atom is 0.416 e. The number of rotatable bonds is 6. The van der Waals surface area contributed by atoms with E-state index in [9.17, 15) is 27.2 Å². The average molecular weight is 517 g/mol. The van der Waals surface area contributed by atoms with Crippen LogP contribution in [0.25, 0.3) is 11.1 Å². The van der Waals surface area contributed by atoms with Crippen molar-refractivity contribution >= 4 is 17.6 Å². The van der Waals surface area contributed by atoms with Gasteiger partial charge in [-0.25, -0.2) is 9.18 Å². The van der Waals surface area contributed by atoms with Crippen LogP contribution >= 0.6 is 0 Å². The molecule has 1 aromatic heterocycles. The highest BCUT2D eigenvalue weighted by Crippen LogP contribution is 2.50. The van der Waals surface area contributed by atoms with Gasteiger partial charge in [0.1, 0.15) is 5.82 Å². The van der Waals surface area contributed by atoms with Crippen LogP contribution in [-0.2, 0) is 25.9 Å². The van der Waals surface area contributed by atoms with E-state index in [0.29, 0.717) is 30.4 Å². The average Bonchev–Trinajstić information content (AvgIpc) is 3.25. The van der Waals surface area contributed by atoms with Gasteiger partial charge in [0, 0.05) is 29.6 Å². The van der Waals surface area contributed by atoms with E-state index in [0.717, 1.165) is 18.6 Å². The molecule has 1 saturated carbocycles. The predicted molar refractivity (Wildman–Crippen MR) is 124 cm³/mol. The number of hydrogen-bond acceptors (Lipinski definition) is 5. The Bertz CT molecular complexity index is 1360. The summed E-state index contributed by atoms with van der Waals surface area (Å²) in [7, 11) is 1.24. The van der Waals surface area contributed by atoms with Gasteiger partial charge >= 0.3 is 12.1 Å². The first-order valence-electron chi connectivity index (χ1n) is 11.7. The summed E-state index contributed by atoms with van der Waals surface area (Å²) >= 11 is 0. The first kappa shape index (κ1) is 24.9. The van der Waals surface area contributed by atoms with Crippen molar-refractivity contribution in [3.05, 3.63) is 71.3 Å². The minimum absolute atomic E-state index is 0.0916. The second kappa shape index (κ2) is 9.29. The van der Waals surface area contributed by atoms with Crippen LogP contribution in [0.4, 0.5) is 23.2 Å². The Balaban J connectivity index is 1.40. The number of carbonyl (C=O) groups excluding carboxylic acids is 2. The standard InChI is InChI=1S/C26H23F4N3O4/c1-36-23(34)20-11-17(3-4-19(20)15-12-31-33(13-15)18-6-9-37-14-18)32-24(35)25(7-8-25)21-5-2-16(10-22(21)27)26(28,29)30/h2-5,10-13,18H,6-9,14H2,1H3,(H,32,35). The summed E-state index contributed by atoms with van der Waals surface area (Å²) in [5, 5.41) is 7.07. The van der Waals surface area contributed by atoms with E-state index >= 15 is 0 Å². The quantitative estimate of drug-likeness (QED) is 0.362. The topological polar surface area (TPSA) is 82.5 Å². The summed E-state index contributed by atoms with van der Waals surface area (Å²) in [4.78, 5) is 25.7. The number of nitrogens with one attached hydrogen (secondary N) is 1. The van der Waals surface area contributed by atoms with Gasteiger partial charge in [-0.05, 0) is 49.1 Å². The fourth-order valence-electron chi connectivity index (χ4n) is 4.63. The largest absolute Gasteiger partial charge is 0.465 e. The van der Waals surface area contributed by atoms with E-state index in [4.69, 9.17) is 9.47 Å². The monoisotopic (exact) mass is 517 g/mol.